The van der Waals surface area contributed by atoms with Gasteiger partial charge in [-0.1, -0.05) is 36.4 Å². The molecule has 0 saturated heterocycles. The van der Waals surface area contributed by atoms with Crippen molar-refractivity contribution in [3.8, 4) is 11.5 Å². The normalized spacial score (nSPS) is 10.8. The number of rotatable bonds is 9. The van der Waals surface area contributed by atoms with Crippen molar-refractivity contribution in [3.05, 3.63) is 85.0 Å². The van der Waals surface area contributed by atoms with E-state index in [-0.39, 0.29) is 0 Å². The Kier molecular flexibility index (Phi) is 6.14. The second-order valence-electron chi connectivity index (χ2n) is 5.46. The molecule has 6 nitrogen and oxygen atoms in total. The van der Waals surface area contributed by atoms with Crippen molar-refractivity contribution < 1.29 is 9.47 Å². The minimum atomic E-state index is 0.453. The fourth-order valence-corrected chi connectivity index (χ4v) is 2.35. The first-order chi connectivity index (χ1) is 12.8. The van der Waals surface area contributed by atoms with Crippen LogP contribution < -0.4 is 9.47 Å². The highest BCUT2D eigenvalue weighted by atomic mass is 16.5. The Balaban J connectivity index is 1.51. The largest absolute Gasteiger partial charge is 0.490 e. The first kappa shape index (κ1) is 17.4. The van der Waals surface area contributed by atoms with Gasteiger partial charge in [-0.05, 0) is 35.7 Å². The van der Waals surface area contributed by atoms with Gasteiger partial charge in [-0.3, -0.25) is 0 Å². The molecule has 0 saturated carbocycles. The van der Waals surface area contributed by atoms with Crippen molar-refractivity contribution >= 4 is 6.21 Å². The maximum atomic E-state index is 5.82. The molecule has 0 aliphatic heterocycles. The molecular formula is C20H20N4O2. The molecule has 0 aliphatic rings. The molecule has 0 atom stereocenters. The van der Waals surface area contributed by atoms with Gasteiger partial charge in [0.15, 0.2) is 0 Å². The Hall–Kier alpha value is -3.41. The third-order valence-corrected chi connectivity index (χ3v) is 3.55. The second-order valence-corrected chi connectivity index (χ2v) is 5.46. The SMILES string of the molecule is C=CCc1ccccc1OCCOc1cccc(/C=N\n2cnnc2)c1. The number of allylic oxidation sites excluding steroid dienone is 1. The van der Waals surface area contributed by atoms with Crippen LogP contribution in [-0.4, -0.2) is 34.3 Å². The predicted molar refractivity (Wildman–Crippen MR) is 101 cm³/mol. The average molecular weight is 348 g/mol. The van der Waals surface area contributed by atoms with E-state index in [1.54, 1.807) is 6.21 Å². The maximum Gasteiger partial charge on any atom is 0.141 e. The Morgan fingerprint density at radius 3 is 2.65 bits per heavy atom. The van der Waals surface area contributed by atoms with Crippen molar-refractivity contribution in [2.24, 2.45) is 5.10 Å². The van der Waals surface area contributed by atoms with Crippen LogP contribution >= 0.6 is 0 Å². The van der Waals surface area contributed by atoms with E-state index >= 15 is 0 Å². The molecule has 0 bridgehead atoms. The van der Waals surface area contributed by atoms with E-state index in [1.165, 1.54) is 17.3 Å². The minimum Gasteiger partial charge on any atom is -0.490 e. The molecule has 0 aliphatic carbocycles. The topological polar surface area (TPSA) is 61.5 Å². The molecule has 3 aromatic rings. The number of aromatic nitrogens is 3. The van der Waals surface area contributed by atoms with Crippen LogP contribution in [0.1, 0.15) is 11.1 Å². The molecule has 26 heavy (non-hydrogen) atoms. The Bertz CT molecular complexity index is 860. The van der Waals surface area contributed by atoms with Gasteiger partial charge >= 0.3 is 0 Å². The smallest absolute Gasteiger partial charge is 0.141 e. The van der Waals surface area contributed by atoms with Crippen molar-refractivity contribution in [3.63, 3.8) is 0 Å². The summed E-state index contributed by atoms with van der Waals surface area (Å²) in [5, 5.41) is 11.6. The lowest BCUT2D eigenvalue weighted by Crippen LogP contribution is -2.10. The fraction of sp³-hybridized carbons (Fsp3) is 0.150. The Labute approximate surface area is 152 Å². The van der Waals surface area contributed by atoms with Gasteiger partial charge in [0.05, 0.1) is 6.21 Å². The average Bonchev–Trinajstić information content (AvgIpc) is 3.19. The monoisotopic (exact) mass is 348 g/mol. The van der Waals surface area contributed by atoms with E-state index in [2.05, 4.69) is 21.9 Å². The highest BCUT2D eigenvalue weighted by molar-refractivity contribution is 5.80. The van der Waals surface area contributed by atoms with E-state index < -0.39 is 0 Å². The second kappa shape index (κ2) is 9.17. The number of ether oxygens (including phenoxy) is 2. The minimum absolute atomic E-state index is 0.453. The summed E-state index contributed by atoms with van der Waals surface area (Å²) in [6.07, 6.45) is 7.42. The first-order valence-corrected chi connectivity index (χ1v) is 8.28. The zero-order valence-corrected chi connectivity index (χ0v) is 14.4. The predicted octanol–water partition coefficient (Wildman–Crippen LogP) is 3.35. The van der Waals surface area contributed by atoms with Crippen molar-refractivity contribution in [2.75, 3.05) is 13.2 Å². The van der Waals surface area contributed by atoms with Gasteiger partial charge in [0, 0.05) is 0 Å². The molecule has 0 fully saturated rings. The summed E-state index contributed by atoms with van der Waals surface area (Å²) < 4.78 is 13.1. The van der Waals surface area contributed by atoms with Gasteiger partial charge < -0.3 is 9.47 Å². The molecule has 1 heterocycles. The summed E-state index contributed by atoms with van der Waals surface area (Å²) >= 11 is 0. The van der Waals surface area contributed by atoms with Crippen LogP contribution in [-0.2, 0) is 6.42 Å². The highest BCUT2D eigenvalue weighted by Crippen LogP contribution is 2.19. The molecule has 0 N–H and O–H groups in total. The molecule has 0 amide bonds. The third-order valence-electron chi connectivity index (χ3n) is 3.55. The molecule has 0 radical (unpaired) electrons. The fourth-order valence-electron chi connectivity index (χ4n) is 2.35. The molecule has 1 aromatic heterocycles. The third kappa shape index (κ3) is 5.04. The van der Waals surface area contributed by atoms with Gasteiger partial charge in [-0.2, -0.15) is 5.10 Å². The van der Waals surface area contributed by atoms with Crippen LogP contribution in [0.5, 0.6) is 11.5 Å². The van der Waals surface area contributed by atoms with Crippen molar-refractivity contribution in [1.29, 1.82) is 0 Å². The van der Waals surface area contributed by atoms with Crippen LogP contribution in [0.2, 0.25) is 0 Å². The van der Waals surface area contributed by atoms with E-state index in [4.69, 9.17) is 9.47 Å². The summed E-state index contributed by atoms with van der Waals surface area (Å²) in [5.41, 5.74) is 2.04. The number of benzene rings is 2. The van der Waals surface area contributed by atoms with E-state index in [1.807, 2.05) is 54.6 Å². The summed E-state index contributed by atoms with van der Waals surface area (Å²) in [5.74, 6) is 1.63. The number of para-hydroxylation sites is 1. The molecule has 2 aromatic carbocycles. The molecule has 132 valence electrons. The van der Waals surface area contributed by atoms with Crippen LogP contribution in [0.15, 0.2) is 78.9 Å². The van der Waals surface area contributed by atoms with E-state index in [0.717, 1.165) is 29.0 Å². The zero-order chi connectivity index (χ0) is 18.0. The standard InChI is InChI=1S/C20H20N4O2/c1-2-6-18-8-3-4-10-20(18)26-12-11-25-19-9-5-7-17(13-19)14-23-24-15-21-22-16-24/h2-5,7-10,13-16H,1,6,11-12H2/b23-14-. The molecule has 3 rings (SSSR count). The van der Waals surface area contributed by atoms with Gasteiger partial charge in [-0.15, -0.1) is 16.8 Å². The van der Waals surface area contributed by atoms with Crippen LogP contribution in [0.3, 0.4) is 0 Å². The highest BCUT2D eigenvalue weighted by Gasteiger charge is 2.01. The molecule has 6 heteroatoms. The lowest BCUT2D eigenvalue weighted by Gasteiger charge is -2.11. The Morgan fingerprint density at radius 1 is 1.00 bits per heavy atom. The van der Waals surface area contributed by atoms with Crippen LogP contribution in [0, 0.1) is 0 Å². The molecule has 0 spiro atoms. The van der Waals surface area contributed by atoms with Crippen molar-refractivity contribution in [1.82, 2.24) is 14.9 Å². The lowest BCUT2D eigenvalue weighted by molar-refractivity contribution is 0.216. The molecular weight excluding hydrogens is 328 g/mol. The number of hydrogen-bond donors (Lipinski definition) is 0. The number of hydrogen-bond acceptors (Lipinski definition) is 5. The van der Waals surface area contributed by atoms with E-state index in [9.17, 15) is 0 Å². The van der Waals surface area contributed by atoms with Crippen LogP contribution in [0.25, 0.3) is 0 Å². The summed E-state index contributed by atoms with van der Waals surface area (Å²) in [4.78, 5) is 0. The van der Waals surface area contributed by atoms with Gasteiger partial charge in [0.1, 0.15) is 37.4 Å². The zero-order valence-electron chi connectivity index (χ0n) is 14.4. The maximum absolute atomic E-state index is 5.82. The Morgan fingerprint density at radius 2 is 1.81 bits per heavy atom. The van der Waals surface area contributed by atoms with Crippen molar-refractivity contribution in [2.45, 2.75) is 6.42 Å². The van der Waals surface area contributed by atoms with Gasteiger partial charge in [0.2, 0.25) is 0 Å². The van der Waals surface area contributed by atoms with Crippen LogP contribution in [0.4, 0.5) is 0 Å². The van der Waals surface area contributed by atoms with Gasteiger partial charge in [0.25, 0.3) is 0 Å². The lowest BCUT2D eigenvalue weighted by atomic mass is 10.1. The quantitative estimate of drug-likeness (QED) is 0.338. The summed E-state index contributed by atoms with van der Waals surface area (Å²) in [6, 6.07) is 15.6. The molecule has 0 unspecified atom stereocenters. The first-order valence-electron chi connectivity index (χ1n) is 8.28. The summed E-state index contributed by atoms with van der Waals surface area (Å²) in [7, 11) is 0. The van der Waals surface area contributed by atoms with Gasteiger partial charge in [-0.25, -0.2) is 4.68 Å². The number of nitrogens with zero attached hydrogens (tertiary/aromatic N) is 4. The van der Waals surface area contributed by atoms with E-state index in [0.29, 0.717) is 13.2 Å². The summed E-state index contributed by atoms with van der Waals surface area (Å²) in [6.45, 7) is 4.69.